The molecule has 1 aliphatic rings. The third-order valence-electron chi connectivity index (χ3n) is 4.66. The molecule has 0 saturated carbocycles. The first kappa shape index (κ1) is 14.9. The van der Waals surface area contributed by atoms with E-state index in [1.807, 2.05) is 51.6 Å². The largest absolute Gasteiger partial charge is 0.334 e. The van der Waals surface area contributed by atoms with E-state index in [0.29, 0.717) is 5.56 Å². The number of nitrogens with zero attached hydrogens (tertiary/aromatic N) is 6. The van der Waals surface area contributed by atoms with Gasteiger partial charge in [-0.25, -0.2) is 4.68 Å². The number of hydrogen-bond donors (Lipinski definition) is 0. The highest BCUT2D eigenvalue weighted by atomic mass is 16.2. The number of rotatable bonds is 4. The van der Waals surface area contributed by atoms with Gasteiger partial charge in [-0.05, 0) is 44.0 Å². The molecular formula is C17H20N6O. The van der Waals surface area contributed by atoms with E-state index >= 15 is 0 Å². The minimum atomic E-state index is 0.0672. The quantitative estimate of drug-likeness (QED) is 0.735. The van der Waals surface area contributed by atoms with Crippen molar-refractivity contribution in [3.8, 4) is 0 Å². The molecule has 1 saturated heterocycles. The summed E-state index contributed by atoms with van der Waals surface area (Å²) in [6.45, 7) is 4.33. The normalized spacial score (nSPS) is 17.7. The molecule has 1 atom stereocenters. The molecule has 1 aliphatic heterocycles. The number of fused-ring (bicyclic) bond motifs is 1. The summed E-state index contributed by atoms with van der Waals surface area (Å²) >= 11 is 0. The molecule has 3 heterocycles. The van der Waals surface area contributed by atoms with Gasteiger partial charge in [0.2, 0.25) is 0 Å². The van der Waals surface area contributed by atoms with E-state index in [2.05, 4.69) is 15.4 Å². The van der Waals surface area contributed by atoms with Gasteiger partial charge in [0.1, 0.15) is 5.52 Å². The molecule has 0 unspecified atom stereocenters. The van der Waals surface area contributed by atoms with Crippen LogP contribution in [0.2, 0.25) is 0 Å². The fraction of sp³-hybridized carbons (Fsp3) is 0.412. The van der Waals surface area contributed by atoms with E-state index in [-0.39, 0.29) is 11.9 Å². The molecule has 2 aromatic heterocycles. The number of amides is 1. The van der Waals surface area contributed by atoms with Crippen molar-refractivity contribution in [3.63, 3.8) is 0 Å². The molecule has 124 valence electrons. The Morgan fingerprint density at radius 3 is 3.08 bits per heavy atom. The molecule has 1 amide bonds. The van der Waals surface area contributed by atoms with Crippen LogP contribution in [0.4, 0.5) is 0 Å². The zero-order chi connectivity index (χ0) is 16.5. The first-order valence-electron chi connectivity index (χ1n) is 8.38. The number of likely N-dealkylation sites (tertiary alicyclic amines) is 1. The first-order chi connectivity index (χ1) is 11.8. The molecule has 3 aromatic rings. The fourth-order valence-corrected chi connectivity index (χ4v) is 3.42. The fourth-order valence-electron chi connectivity index (χ4n) is 3.42. The summed E-state index contributed by atoms with van der Waals surface area (Å²) in [4.78, 5) is 14.9. The average Bonchev–Trinajstić information content (AvgIpc) is 3.34. The van der Waals surface area contributed by atoms with Crippen LogP contribution in [0.3, 0.4) is 0 Å². The molecule has 0 N–H and O–H groups in total. The molecule has 0 spiro atoms. The van der Waals surface area contributed by atoms with E-state index in [1.54, 1.807) is 6.20 Å². The third-order valence-corrected chi connectivity index (χ3v) is 4.66. The van der Waals surface area contributed by atoms with Crippen LogP contribution in [0.1, 0.15) is 30.1 Å². The van der Waals surface area contributed by atoms with Crippen molar-refractivity contribution in [2.45, 2.75) is 38.9 Å². The second-order valence-electron chi connectivity index (χ2n) is 6.13. The van der Waals surface area contributed by atoms with Gasteiger partial charge < -0.3 is 4.90 Å². The van der Waals surface area contributed by atoms with E-state index in [9.17, 15) is 4.79 Å². The van der Waals surface area contributed by atoms with Gasteiger partial charge >= 0.3 is 0 Å². The van der Waals surface area contributed by atoms with Crippen molar-refractivity contribution in [3.05, 3.63) is 42.2 Å². The monoisotopic (exact) mass is 324 g/mol. The molecule has 7 heteroatoms. The summed E-state index contributed by atoms with van der Waals surface area (Å²) in [5, 5.41) is 12.5. The molecular weight excluding hydrogens is 304 g/mol. The predicted molar refractivity (Wildman–Crippen MR) is 89.5 cm³/mol. The Kier molecular flexibility index (Phi) is 3.76. The summed E-state index contributed by atoms with van der Waals surface area (Å²) < 4.78 is 3.73. The van der Waals surface area contributed by atoms with Crippen LogP contribution in [0.5, 0.6) is 0 Å². The maximum atomic E-state index is 12.9. The van der Waals surface area contributed by atoms with Gasteiger partial charge in [0.05, 0.1) is 18.1 Å². The Hall–Kier alpha value is -2.70. The van der Waals surface area contributed by atoms with Crippen molar-refractivity contribution in [2.24, 2.45) is 0 Å². The Labute approximate surface area is 139 Å². The third kappa shape index (κ3) is 2.55. The number of carbonyl (C=O) groups excluding carboxylic acids is 1. The molecule has 0 radical (unpaired) electrons. The van der Waals surface area contributed by atoms with Crippen LogP contribution >= 0.6 is 0 Å². The van der Waals surface area contributed by atoms with Crippen LogP contribution in [0.25, 0.3) is 11.0 Å². The maximum absolute atomic E-state index is 12.9. The van der Waals surface area contributed by atoms with Crippen LogP contribution in [0, 0.1) is 0 Å². The zero-order valence-electron chi connectivity index (χ0n) is 13.7. The minimum Gasteiger partial charge on any atom is -0.334 e. The maximum Gasteiger partial charge on any atom is 0.254 e. The van der Waals surface area contributed by atoms with Crippen LogP contribution in [0.15, 0.2) is 36.7 Å². The van der Waals surface area contributed by atoms with Gasteiger partial charge in [0.15, 0.2) is 0 Å². The van der Waals surface area contributed by atoms with Gasteiger partial charge in [0.25, 0.3) is 5.91 Å². The molecule has 0 bridgehead atoms. The van der Waals surface area contributed by atoms with E-state index in [1.165, 1.54) is 0 Å². The summed E-state index contributed by atoms with van der Waals surface area (Å²) in [5.74, 6) is 0.0672. The van der Waals surface area contributed by atoms with Gasteiger partial charge in [-0.1, -0.05) is 5.21 Å². The summed E-state index contributed by atoms with van der Waals surface area (Å²) in [6, 6.07) is 7.76. The Morgan fingerprint density at radius 1 is 1.38 bits per heavy atom. The van der Waals surface area contributed by atoms with Crippen molar-refractivity contribution in [1.29, 1.82) is 0 Å². The number of aromatic nitrogens is 5. The Morgan fingerprint density at radius 2 is 2.29 bits per heavy atom. The lowest BCUT2D eigenvalue weighted by Crippen LogP contribution is -2.38. The van der Waals surface area contributed by atoms with Crippen LogP contribution < -0.4 is 0 Å². The molecule has 1 fully saturated rings. The second kappa shape index (κ2) is 6.07. The highest BCUT2D eigenvalue weighted by Gasteiger charge is 2.30. The lowest BCUT2D eigenvalue weighted by Gasteiger charge is -2.24. The SMILES string of the molecule is CCn1nnc2cc(C(=O)N3CCC[C@@H]3Cn3cccn3)ccc21. The molecule has 0 aliphatic carbocycles. The van der Waals surface area contributed by atoms with Crippen molar-refractivity contribution in [2.75, 3.05) is 6.54 Å². The van der Waals surface area contributed by atoms with Crippen molar-refractivity contribution >= 4 is 16.9 Å². The Balaban J connectivity index is 1.58. The minimum absolute atomic E-state index is 0.0672. The topological polar surface area (TPSA) is 68.8 Å². The summed E-state index contributed by atoms with van der Waals surface area (Å²) in [7, 11) is 0. The molecule has 1 aromatic carbocycles. The molecule has 4 rings (SSSR count). The van der Waals surface area contributed by atoms with Gasteiger partial charge in [-0.15, -0.1) is 5.10 Å². The number of aryl methyl sites for hydroxylation is 1. The molecule has 7 nitrogen and oxygen atoms in total. The van der Waals surface area contributed by atoms with Crippen molar-refractivity contribution < 1.29 is 4.79 Å². The zero-order valence-corrected chi connectivity index (χ0v) is 13.7. The average molecular weight is 324 g/mol. The number of hydrogen-bond acceptors (Lipinski definition) is 4. The van der Waals surface area contributed by atoms with Crippen LogP contribution in [-0.4, -0.2) is 48.2 Å². The lowest BCUT2D eigenvalue weighted by atomic mass is 10.1. The second-order valence-corrected chi connectivity index (χ2v) is 6.13. The van der Waals surface area contributed by atoms with Crippen LogP contribution in [-0.2, 0) is 13.1 Å². The predicted octanol–water partition coefficient (Wildman–Crippen LogP) is 1.95. The smallest absolute Gasteiger partial charge is 0.254 e. The first-order valence-corrected chi connectivity index (χ1v) is 8.38. The van der Waals surface area contributed by atoms with E-state index in [0.717, 1.165) is 43.5 Å². The summed E-state index contributed by atoms with van der Waals surface area (Å²) in [5.41, 5.74) is 2.41. The summed E-state index contributed by atoms with van der Waals surface area (Å²) in [6.07, 6.45) is 5.76. The van der Waals surface area contributed by atoms with Crippen molar-refractivity contribution in [1.82, 2.24) is 29.7 Å². The van der Waals surface area contributed by atoms with Gasteiger partial charge in [-0.3, -0.25) is 9.48 Å². The highest BCUT2D eigenvalue weighted by Crippen LogP contribution is 2.23. The van der Waals surface area contributed by atoms with Gasteiger partial charge in [-0.2, -0.15) is 5.10 Å². The Bertz CT molecular complexity index is 853. The highest BCUT2D eigenvalue weighted by molar-refractivity contribution is 5.97. The lowest BCUT2D eigenvalue weighted by molar-refractivity contribution is 0.0722. The number of carbonyl (C=O) groups is 1. The number of benzene rings is 1. The molecule has 24 heavy (non-hydrogen) atoms. The van der Waals surface area contributed by atoms with Gasteiger partial charge in [0, 0.05) is 31.0 Å². The van der Waals surface area contributed by atoms with E-state index in [4.69, 9.17) is 0 Å². The van der Waals surface area contributed by atoms with E-state index < -0.39 is 0 Å². The standard InChI is InChI=1S/C17H20N6O/c1-2-23-16-7-6-13(11-15(16)19-20-23)17(24)22-10-3-5-14(22)12-21-9-4-8-18-21/h4,6-9,11,14H,2-3,5,10,12H2,1H3/t14-/m1/s1.